The molecule has 1 fully saturated rings. The van der Waals surface area contributed by atoms with E-state index in [9.17, 15) is 20.4 Å². The van der Waals surface area contributed by atoms with Crippen molar-refractivity contribution < 1.29 is 29.9 Å². The third-order valence-corrected chi connectivity index (χ3v) is 4.91. The maximum absolute atomic E-state index is 10.00. The van der Waals surface area contributed by atoms with Crippen LogP contribution in [0.1, 0.15) is 0 Å². The molecule has 9 heteroatoms. The molecule has 7 nitrogen and oxygen atoms in total. The van der Waals surface area contributed by atoms with Gasteiger partial charge in [0.15, 0.2) is 0 Å². The van der Waals surface area contributed by atoms with Crippen molar-refractivity contribution in [3.63, 3.8) is 0 Å². The van der Waals surface area contributed by atoms with Crippen LogP contribution in [-0.4, -0.2) is 63.5 Å². The lowest BCUT2D eigenvalue weighted by Crippen LogP contribution is -2.59. The first-order valence-corrected chi connectivity index (χ1v) is 7.97. The van der Waals surface area contributed by atoms with Crippen LogP contribution in [0.3, 0.4) is 0 Å². The highest BCUT2D eigenvalue weighted by molar-refractivity contribution is 9.11. The molecule has 125 valence electrons. The van der Waals surface area contributed by atoms with Gasteiger partial charge in [0.05, 0.1) is 18.5 Å². The second kappa shape index (κ2) is 6.64. The molecule has 0 bridgehead atoms. The fraction of sp³-hybridized carbons (Fsp3) is 0.429. The molecule has 1 saturated heterocycles. The summed E-state index contributed by atoms with van der Waals surface area (Å²) in [6, 6.07) is 0. The number of aliphatic imine (C=N–C) groups is 1. The fourth-order valence-electron chi connectivity index (χ4n) is 2.42. The summed E-state index contributed by atoms with van der Waals surface area (Å²) in [5.74, 6) is 0.321. The summed E-state index contributed by atoms with van der Waals surface area (Å²) in [5, 5.41) is 39.2. The average Bonchev–Trinajstić information content (AvgIpc) is 2.90. The standard InChI is InChI=1S/C14H14BrClNO6/c15-6-1-5-8(2-7(6)16)17-3-9(5)22-14-13(21)12(20)11(19)10(4-18)23-14/h1-3,10-14,18-21H,4H2. The monoisotopic (exact) mass is 406 g/mol. The number of fused-ring (bicyclic) bond motifs is 1. The van der Waals surface area contributed by atoms with E-state index in [0.717, 1.165) is 0 Å². The highest BCUT2D eigenvalue weighted by atomic mass is 79.9. The van der Waals surface area contributed by atoms with E-state index in [2.05, 4.69) is 20.9 Å². The number of nitrogens with zero attached hydrogens (tertiary/aromatic N) is 1. The quantitative estimate of drug-likeness (QED) is 0.528. The largest absolute Gasteiger partial charge is 0.460 e. The summed E-state index contributed by atoms with van der Waals surface area (Å²) in [7, 11) is 0. The van der Waals surface area contributed by atoms with Gasteiger partial charge in [-0.1, -0.05) is 27.5 Å². The molecule has 4 N–H and O–H groups in total. The molecule has 0 saturated carbocycles. The lowest BCUT2D eigenvalue weighted by molar-refractivity contribution is -0.290. The van der Waals surface area contributed by atoms with E-state index < -0.39 is 37.3 Å². The summed E-state index contributed by atoms with van der Waals surface area (Å²) >= 11 is 9.31. The van der Waals surface area contributed by atoms with Crippen LogP contribution >= 0.6 is 27.5 Å². The maximum Gasteiger partial charge on any atom is 0.229 e. The van der Waals surface area contributed by atoms with Crippen molar-refractivity contribution in [2.45, 2.75) is 30.7 Å². The fourth-order valence-corrected chi connectivity index (χ4v) is 2.92. The van der Waals surface area contributed by atoms with Crippen molar-refractivity contribution in [3.8, 4) is 0 Å². The molecular weight excluding hydrogens is 394 g/mol. The molecule has 5 unspecified atom stereocenters. The number of ether oxygens (including phenoxy) is 2. The Hall–Kier alpha value is -0.740. The van der Waals surface area contributed by atoms with E-state index in [0.29, 0.717) is 26.9 Å². The van der Waals surface area contributed by atoms with Gasteiger partial charge in [-0.05, 0) is 12.2 Å². The minimum Gasteiger partial charge on any atom is -0.460 e. The Kier molecular flexibility index (Phi) is 4.93. The zero-order valence-corrected chi connectivity index (χ0v) is 14.0. The summed E-state index contributed by atoms with van der Waals surface area (Å²) in [4.78, 5) is 4.81. The van der Waals surface area contributed by atoms with Crippen LogP contribution in [0.5, 0.6) is 0 Å². The van der Waals surface area contributed by atoms with Gasteiger partial charge in [-0.15, -0.1) is 0 Å². The highest BCUT2D eigenvalue weighted by Gasteiger charge is 2.45. The molecule has 0 spiro atoms. The van der Waals surface area contributed by atoms with E-state index in [1.807, 2.05) is 0 Å². The van der Waals surface area contributed by atoms with Crippen molar-refractivity contribution in [1.29, 1.82) is 0 Å². The molecular formula is C14H14BrClNO6. The van der Waals surface area contributed by atoms with E-state index in [1.165, 1.54) is 6.20 Å². The molecule has 0 amide bonds. The Labute approximate surface area is 145 Å². The normalized spacial score (nSPS) is 37.6. The number of aliphatic hydroxyl groups is 4. The Balaban J connectivity index is 1.74. The third kappa shape index (κ3) is 3.12. The molecule has 2 aliphatic heterocycles. The van der Waals surface area contributed by atoms with Gasteiger partial charge in [0.25, 0.3) is 0 Å². The minimum absolute atomic E-state index is 0.321. The first kappa shape index (κ1) is 17.1. The van der Waals surface area contributed by atoms with Gasteiger partial charge in [-0.25, -0.2) is 0 Å². The summed E-state index contributed by atoms with van der Waals surface area (Å²) < 4.78 is 10.9. The van der Waals surface area contributed by atoms with Crippen molar-refractivity contribution >= 4 is 33.2 Å². The van der Waals surface area contributed by atoms with E-state index in [-0.39, 0.29) is 0 Å². The number of hydrogen-bond donors (Lipinski definition) is 4. The number of allylic oxidation sites excluding steroid dienone is 4. The number of halogens is 2. The summed E-state index contributed by atoms with van der Waals surface area (Å²) in [5.41, 5.74) is 1.23. The van der Waals surface area contributed by atoms with Crippen LogP contribution in [-0.2, 0) is 9.47 Å². The molecule has 5 atom stereocenters. The molecule has 3 aliphatic rings. The van der Waals surface area contributed by atoms with Crippen LogP contribution in [0.15, 0.2) is 39.7 Å². The molecule has 0 aromatic carbocycles. The Morgan fingerprint density at radius 3 is 2.65 bits per heavy atom. The van der Waals surface area contributed by atoms with Crippen molar-refractivity contribution in [2.75, 3.05) is 6.61 Å². The summed E-state index contributed by atoms with van der Waals surface area (Å²) in [6.07, 6.45) is -1.90. The smallest absolute Gasteiger partial charge is 0.229 e. The second-order valence-electron chi connectivity index (χ2n) is 5.22. The first-order valence-electron chi connectivity index (χ1n) is 6.80. The SMILES string of the molecule is OCC1OC(OC2=CN=C3C=C(Cl)[C](Br)C=C23)C(O)C(O)C1O. The van der Waals surface area contributed by atoms with E-state index in [1.54, 1.807) is 12.2 Å². The first-order chi connectivity index (χ1) is 10.9. The van der Waals surface area contributed by atoms with Crippen LogP contribution in [0.25, 0.3) is 0 Å². The van der Waals surface area contributed by atoms with Gasteiger partial charge in [0.1, 0.15) is 35.0 Å². The van der Waals surface area contributed by atoms with Crippen molar-refractivity contribution in [3.05, 3.63) is 39.5 Å². The van der Waals surface area contributed by atoms with Gasteiger partial charge in [-0.3, -0.25) is 4.99 Å². The molecule has 3 rings (SSSR count). The lowest BCUT2D eigenvalue weighted by Gasteiger charge is -2.39. The van der Waals surface area contributed by atoms with Gasteiger partial charge in [-0.2, -0.15) is 0 Å². The van der Waals surface area contributed by atoms with Crippen LogP contribution in [0.2, 0.25) is 0 Å². The van der Waals surface area contributed by atoms with Gasteiger partial charge < -0.3 is 29.9 Å². The highest BCUT2D eigenvalue weighted by Crippen LogP contribution is 2.37. The zero-order chi connectivity index (χ0) is 16.7. The van der Waals surface area contributed by atoms with E-state index in [4.69, 9.17) is 21.1 Å². The predicted molar refractivity (Wildman–Crippen MR) is 84.6 cm³/mol. The number of rotatable bonds is 3. The average molecular weight is 408 g/mol. The predicted octanol–water partition coefficient (Wildman–Crippen LogP) is 0.0885. The van der Waals surface area contributed by atoms with Gasteiger partial charge >= 0.3 is 0 Å². The number of aliphatic hydroxyl groups excluding tert-OH is 4. The lowest BCUT2D eigenvalue weighted by atomic mass is 9.99. The zero-order valence-electron chi connectivity index (χ0n) is 11.6. The number of hydrogen-bond acceptors (Lipinski definition) is 7. The minimum atomic E-state index is -1.50. The third-order valence-electron chi connectivity index (χ3n) is 3.72. The molecule has 0 aromatic rings. The second-order valence-corrected chi connectivity index (χ2v) is 6.48. The molecule has 1 aliphatic carbocycles. The van der Waals surface area contributed by atoms with Crippen LogP contribution < -0.4 is 0 Å². The summed E-state index contributed by atoms with van der Waals surface area (Å²) in [6.45, 7) is -0.522. The Morgan fingerprint density at radius 1 is 1.22 bits per heavy atom. The van der Waals surface area contributed by atoms with E-state index >= 15 is 0 Å². The molecule has 23 heavy (non-hydrogen) atoms. The van der Waals surface area contributed by atoms with Crippen molar-refractivity contribution in [2.24, 2.45) is 4.99 Å². The van der Waals surface area contributed by atoms with Crippen LogP contribution in [0.4, 0.5) is 0 Å². The molecule has 2 heterocycles. The Bertz CT molecular complexity index is 616. The van der Waals surface area contributed by atoms with Gasteiger partial charge in [0, 0.05) is 10.6 Å². The molecule has 0 aromatic heterocycles. The topological polar surface area (TPSA) is 112 Å². The van der Waals surface area contributed by atoms with Gasteiger partial charge in [0.2, 0.25) is 6.29 Å². The Morgan fingerprint density at radius 2 is 1.96 bits per heavy atom. The van der Waals surface area contributed by atoms with Crippen LogP contribution in [0, 0.1) is 4.83 Å². The molecule has 1 radical (unpaired) electrons. The maximum atomic E-state index is 10.00. The van der Waals surface area contributed by atoms with Crippen molar-refractivity contribution in [1.82, 2.24) is 0 Å².